The Morgan fingerprint density at radius 2 is 1.23 bits per heavy atom. The zero-order valence-electron chi connectivity index (χ0n) is 17.6. The quantitative estimate of drug-likeness (QED) is 0.473. The predicted octanol–water partition coefficient (Wildman–Crippen LogP) is 6.00. The third kappa shape index (κ3) is 5.01. The van der Waals surface area contributed by atoms with Gasteiger partial charge in [0.15, 0.2) is 11.9 Å². The highest BCUT2D eigenvalue weighted by molar-refractivity contribution is 6.09. The summed E-state index contributed by atoms with van der Waals surface area (Å²) in [5.74, 6) is -0.202. The molecule has 0 aromatic heterocycles. The van der Waals surface area contributed by atoms with Gasteiger partial charge in [-0.1, -0.05) is 45.0 Å². The Kier molecular flexibility index (Phi) is 6.16. The predicted molar refractivity (Wildman–Crippen MR) is 116 cm³/mol. The Labute approximate surface area is 176 Å². The van der Waals surface area contributed by atoms with Gasteiger partial charge >= 0.3 is 0 Å². The monoisotopic (exact) mass is 404 g/mol. The first kappa shape index (κ1) is 21.4. The van der Waals surface area contributed by atoms with Crippen molar-refractivity contribution in [2.45, 2.75) is 39.2 Å². The van der Waals surface area contributed by atoms with Crippen LogP contribution in [0.1, 0.15) is 59.5 Å². The van der Waals surface area contributed by atoms with E-state index in [0.717, 1.165) is 5.56 Å². The summed E-state index contributed by atoms with van der Waals surface area (Å²) in [4.78, 5) is 25.2. The second-order valence-corrected chi connectivity index (χ2v) is 8.31. The van der Waals surface area contributed by atoms with Crippen molar-refractivity contribution in [1.82, 2.24) is 0 Å². The highest BCUT2D eigenvalue weighted by Crippen LogP contribution is 2.23. The van der Waals surface area contributed by atoms with Crippen LogP contribution in [0.15, 0.2) is 72.8 Å². The number of carbonyl (C=O) groups is 2. The number of hydrogen-bond donors (Lipinski definition) is 0. The molecule has 0 heterocycles. The van der Waals surface area contributed by atoms with E-state index in [1.54, 1.807) is 31.2 Å². The summed E-state index contributed by atoms with van der Waals surface area (Å²) in [6.07, 6.45) is -0.663. The molecule has 0 spiro atoms. The highest BCUT2D eigenvalue weighted by Gasteiger charge is 2.19. The number of carbonyl (C=O) groups excluding carboxylic acids is 2. The molecule has 0 N–H and O–H groups in total. The fourth-order valence-electron chi connectivity index (χ4n) is 3.08. The van der Waals surface area contributed by atoms with Gasteiger partial charge in [-0.05, 0) is 66.4 Å². The summed E-state index contributed by atoms with van der Waals surface area (Å²) in [7, 11) is 0. The third-order valence-corrected chi connectivity index (χ3v) is 4.94. The van der Waals surface area contributed by atoms with Gasteiger partial charge < -0.3 is 4.74 Å². The average Bonchev–Trinajstić information content (AvgIpc) is 2.73. The molecule has 3 aromatic rings. The van der Waals surface area contributed by atoms with E-state index in [1.165, 1.54) is 24.3 Å². The molecule has 4 heteroatoms. The number of benzene rings is 3. The Morgan fingerprint density at radius 1 is 0.767 bits per heavy atom. The van der Waals surface area contributed by atoms with Crippen LogP contribution >= 0.6 is 0 Å². The van der Waals surface area contributed by atoms with Crippen LogP contribution in [0.5, 0.6) is 5.75 Å². The van der Waals surface area contributed by atoms with Gasteiger partial charge in [-0.25, -0.2) is 4.39 Å². The van der Waals surface area contributed by atoms with Crippen molar-refractivity contribution in [3.63, 3.8) is 0 Å². The normalized spacial score (nSPS) is 12.3. The molecule has 0 aliphatic rings. The van der Waals surface area contributed by atoms with Crippen LogP contribution in [0.25, 0.3) is 0 Å². The summed E-state index contributed by atoms with van der Waals surface area (Å²) in [5.41, 5.74) is 2.65. The van der Waals surface area contributed by atoms with Crippen LogP contribution in [0, 0.1) is 5.82 Å². The SMILES string of the molecule is C[C@H](Oc1ccc(C(=O)c2ccc(F)cc2)cc1)C(=O)c1ccc(C(C)(C)C)cc1. The molecule has 0 aliphatic heterocycles. The van der Waals surface area contributed by atoms with Crippen LogP contribution in [-0.2, 0) is 5.41 Å². The molecular formula is C26H25FO3. The van der Waals surface area contributed by atoms with Gasteiger partial charge in [0.2, 0.25) is 5.78 Å². The van der Waals surface area contributed by atoms with Gasteiger partial charge in [0, 0.05) is 16.7 Å². The van der Waals surface area contributed by atoms with Crippen LogP contribution in [0.3, 0.4) is 0 Å². The van der Waals surface area contributed by atoms with E-state index in [1.807, 2.05) is 24.3 Å². The summed E-state index contributed by atoms with van der Waals surface area (Å²) in [6, 6.07) is 19.6. The fourth-order valence-corrected chi connectivity index (χ4v) is 3.08. The van der Waals surface area contributed by atoms with Gasteiger partial charge in [-0.2, -0.15) is 0 Å². The minimum Gasteiger partial charge on any atom is -0.483 e. The van der Waals surface area contributed by atoms with Gasteiger partial charge in [-0.3, -0.25) is 9.59 Å². The van der Waals surface area contributed by atoms with Crippen LogP contribution in [-0.4, -0.2) is 17.7 Å². The van der Waals surface area contributed by atoms with Crippen molar-refractivity contribution in [2.75, 3.05) is 0 Å². The zero-order chi connectivity index (χ0) is 21.9. The molecule has 0 aliphatic carbocycles. The van der Waals surface area contributed by atoms with Crippen molar-refractivity contribution in [2.24, 2.45) is 0 Å². The molecule has 0 radical (unpaired) electrons. The number of rotatable bonds is 6. The lowest BCUT2D eigenvalue weighted by Gasteiger charge is -2.19. The maximum absolute atomic E-state index is 13.0. The van der Waals surface area contributed by atoms with Gasteiger partial charge in [0.1, 0.15) is 11.6 Å². The van der Waals surface area contributed by atoms with E-state index < -0.39 is 6.10 Å². The molecule has 0 amide bonds. The molecule has 3 aromatic carbocycles. The Bertz CT molecular complexity index is 1030. The van der Waals surface area contributed by atoms with Crippen molar-refractivity contribution < 1.29 is 18.7 Å². The van der Waals surface area contributed by atoms with Gasteiger partial charge in [0.05, 0.1) is 0 Å². The second-order valence-electron chi connectivity index (χ2n) is 8.31. The first-order chi connectivity index (χ1) is 14.1. The Balaban J connectivity index is 1.66. The van der Waals surface area contributed by atoms with E-state index in [-0.39, 0.29) is 22.8 Å². The lowest BCUT2D eigenvalue weighted by Crippen LogP contribution is -2.24. The molecule has 0 unspecified atom stereocenters. The smallest absolute Gasteiger partial charge is 0.202 e. The van der Waals surface area contributed by atoms with E-state index in [4.69, 9.17) is 4.74 Å². The molecular weight excluding hydrogens is 379 g/mol. The number of ketones is 2. The molecule has 3 rings (SSSR count). The molecule has 0 saturated carbocycles. The first-order valence-corrected chi connectivity index (χ1v) is 9.87. The molecule has 0 bridgehead atoms. The number of Topliss-reactive ketones (excluding diaryl/α,β-unsaturated/α-hetero) is 1. The minimum absolute atomic E-state index is 0.0246. The highest BCUT2D eigenvalue weighted by atomic mass is 19.1. The van der Waals surface area contributed by atoms with E-state index >= 15 is 0 Å². The van der Waals surface area contributed by atoms with Crippen molar-refractivity contribution in [3.05, 3.63) is 101 Å². The fraction of sp³-hybridized carbons (Fsp3) is 0.231. The first-order valence-electron chi connectivity index (χ1n) is 9.87. The maximum atomic E-state index is 13.0. The number of hydrogen-bond acceptors (Lipinski definition) is 3. The molecule has 0 saturated heterocycles. The van der Waals surface area contributed by atoms with Crippen molar-refractivity contribution in [3.8, 4) is 5.75 Å². The lowest BCUT2D eigenvalue weighted by molar-refractivity contribution is 0.0817. The molecule has 3 nitrogen and oxygen atoms in total. The topological polar surface area (TPSA) is 43.4 Å². The molecule has 154 valence electrons. The largest absolute Gasteiger partial charge is 0.483 e. The molecule has 0 fully saturated rings. The number of ether oxygens (including phenoxy) is 1. The number of halogens is 1. The molecule has 30 heavy (non-hydrogen) atoms. The van der Waals surface area contributed by atoms with Crippen LogP contribution in [0.4, 0.5) is 4.39 Å². The van der Waals surface area contributed by atoms with Crippen LogP contribution in [0.2, 0.25) is 0 Å². The van der Waals surface area contributed by atoms with Crippen molar-refractivity contribution >= 4 is 11.6 Å². The zero-order valence-corrected chi connectivity index (χ0v) is 17.6. The minimum atomic E-state index is -0.663. The summed E-state index contributed by atoms with van der Waals surface area (Å²) in [6.45, 7) is 8.08. The van der Waals surface area contributed by atoms with Crippen LogP contribution < -0.4 is 4.74 Å². The van der Waals surface area contributed by atoms with E-state index in [9.17, 15) is 14.0 Å². The summed E-state index contributed by atoms with van der Waals surface area (Å²) in [5, 5.41) is 0. The standard InChI is InChI=1S/C26H25FO3/c1-17(24(28)18-5-11-21(12-6-18)26(2,3)4)30-23-15-9-20(10-16-23)25(29)19-7-13-22(27)14-8-19/h5-17H,1-4H3/t17-/m0/s1. The lowest BCUT2D eigenvalue weighted by atomic mass is 9.86. The summed E-state index contributed by atoms with van der Waals surface area (Å²) >= 11 is 0. The van der Waals surface area contributed by atoms with E-state index in [0.29, 0.717) is 22.4 Å². The Hall–Kier alpha value is -3.27. The summed E-state index contributed by atoms with van der Waals surface area (Å²) < 4.78 is 18.8. The van der Waals surface area contributed by atoms with Gasteiger partial charge in [0.25, 0.3) is 0 Å². The van der Waals surface area contributed by atoms with Crippen molar-refractivity contribution in [1.29, 1.82) is 0 Å². The third-order valence-electron chi connectivity index (χ3n) is 4.94. The second kappa shape index (κ2) is 8.62. The van der Waals surface area contributed by atoms with E-state index in [2.05, 4.69) is 20.8 Å². The Morgan fingerprint density at radius 3 is 1.73 bits per heavy atom. The van der Waals surface area contributed by atoms with Gasteiger partial charge in [-0.15, -0.1) is 0 Å². The molecule has 1 atom stereocenters. The maximum Gasteiger partial charge on any atom is 0.202 e. The average molecular weight is 404 g/mol.